The van der Waals surface area contributed by atoms with Crippen LogP contribution in [-0.4, -0.2) is 22.6 Å². The molecule has 0 bridgehead atoms. The third-order valence-electron chi connectivity index (χ3n) is 2.56. The summed E-state index contributed by atoms with van der Waals surface area (Å²) in [4.78, 5) is 15.8. The first-order chi connectivity index (χ1) is 9.19. The van der Waals surface area contributed by atoms with Crippen LogP contribution in [0.15, 0.2) is 42.5 Å². The lowest BCUT2D eigenvalue weighted by molar-refractivity contribution is 0.102. The van der Waals surface area contributed by atoms with E-state index in [1.807, 2.05) is 12.1 Å². The van der Waals surface area contributed by atoms with Crippen molar-refractivity contribution < 1.29 is 9.90 Å². The number of amides is 1. The molecule has 0 fully saturated rings. The minimum absolute atomic E-state index is 0.109. The molecule has 1 aromatic heterocycles. The number of pyridine rings is 1. The van der Waals surface area contributed by atoms with Gasteiger partial charge in [0.2, 0.25) is 0 Å². The first kappa shape index (κ1) is 13.5. The summed E-state index contributed by atoms with van der Waals surface area (Å²) < 4.78 is 0. The van der Waals surface area contributed by atoms with E-state index < -0.39 is 0 Å². The fourth-order valence-corrected chi connectivity index (χ4v) is 1.78. The van der Waals surface area contributed by atoms with Gasteiger partial charge >= 0.3 is 0 Å². The van der Waals surface area contributed by atoms with E-state index in [1.54, 1.807) is 30.3 Å². The van der Waals surface area contributed by atoms with Gasteiger partial charge in [-0.15, -0.1) is 0 Å². The number of aliphatic hydroxyl groups is 1. The SMILES string of the molecule is O=C(Nc1ccc(CCO)cc1)c1cccc(Cl)n1. The van der Waals surface area contributed by atoms with Crippen LogP contribution in [0.1, 0.15) is 16.1 Å². The maximum absolute atomic E-state index is 11.9. The molecule has 0 radical (unpaired) electrons. The minimum atomic E-state index is -0.308. The Morgan fingerprint density at radius 3 is 2.58 bits per heavy atom. The van der Waals surface area contributed by atoms with Gasteiger partial charge in [-0.25, -0.2) is 4.98 Å². The number of carbonyl (C=O) groups excluding carboxylic acids is 1. The number of aromatic nitrogens is 1. The molecule has 1 aromatic carbocycles. The van der Waals surface area contributed by atoms with E-state index in [4.69, 9.17) is 16.7 Å². The van der Waals surface area contributed by atoms with Gasteiger partial charge in [0.25, 0.3) is 5.91 Å². The van der Waals surface area contributed by atoms with Crippen LogP contribution < -0.4 is 5.32 Å². The summed E-state index contributed by atoms with van der Waals surface area (Å²) in [6.07, 6.45) is 0.601. The first-order valence-corrected chi connectivity index (χ1v) is 6.20. The molecule has 4 nitrogen and oxygen atoms in total. The Hall–Kier alpha value is -1.91. The molecule has 0 aliphatic rings. The number of hydrogen-bond acceptors (Lipinski definition) is 3. The van der Waals surface area contributed by atoms with E-state index in [9.17, 15) is 4.79 Å². The van der Waals surface area contributed by atoms with Crippen LogP contribution in [0.3, 0.4) is 0 Å². The molecule has 0 aliphatic carbocycles. The molecule has 0 spiro atoms. The highest BCUT2D eigenvalue weighted by atomic mass is 35.5. The Kier molecular flexibility index (Phi) is 4.49. The van der Waals surface area contributed by atoms with Crippen molar-refractivity contribution in [3.05, 3.63) is 58.9 Å². The number of benzene rings is 1. The van der Waals surface area contributed by atoms with Gasteiger partial charge < -0.3 is 10.4 Å². The number of hydrogen-bond donors (Lipinski definition) is 2. The second-order valence-corrected chi connectivity index (χ2v) is 4.36. The molecule has 19 heavy (non-hydrogen) atoms. The van der Waals surface area contributed by atoms with Gasteiger partial charge in [0, 0.05) is 12.3 Å². The van der Waals surface area contributed by atoms with Crippen LogP contribution in [0.2, 0.25) is 5.15 Å². The molecule has 5 heteroatoms. The highest BCUT2D eigenvalue weighted by molar-refractivity contribution is 6.29. The highest BCUT2D eigenvalue weighted by Crippen LogP contribution is 2.12. The largest absolute Gasteiger partial charge is 0.396 e. The van der Waals surface area contributed by atoms with Crippen LogP contribution in [0.5, 0.6) is 0 Å². The maximum Gasteiger partial charge on any atom is 0.274 e. The van der Waals surface area contributed by atoms with Gasteiger partial charge in [-0.05, 0) is 36.2 Å². The zero-order valence-electron chi connectivity index (χ0n) is 10.1. The summed E-state index contributed by atoms with van der Waals surface area (Å²) in [5.41, 5.74) is 1.96. The zero-order chi connectivity index (χ0) is 13.7. The lowest BCUT2D eigenvalue weighted by Gasteiger charge is -2.06. The third-order valence-corrected chi connectivity index (χ3v) is 2.77. The zero-order valence-corrected chi connectivity index (χ0v) is 10.9. The second kappa shape index (κ2) is 6.31. The molecule has 1 heterocycles. The summed E-state index contributed by atoms with van der Waals surface area (Å²) in [6.45, 7) is 0.109. The van der Waals surface area contributed by atoms with Crippen molar-refractivity contribution in [2.24, 2.45) is 0 Å². The smallest absolute Gasteiger partial charge is 0.274 e. The number of nitrogens with zero attached hydrogens (tertiary/aromatic N) is 1. The normalized spacial score (nSPS) is 10.2. The Bertz CT molecular complexity index is 570. The molecule has 0 saturated heterocycles. The third kappa shape index (κ3) is 3.77. The van der Waals surface area contributed by atoms with Crippen LogP contribution in [0.25, 0.3) is 0 Å². The van der Waals surface area contributed by atoms with Gasteiger partial charge in [-0.2, -0.15) is 0 Å². The maximum atomic E-state index is 11.9. The molecule has 2 aromatic rings. The lowest BCUT2D eigenvalue weighted by Crippen LogP contribution is -2.13. The first-order valence-electron chi connectivity index (χ1n) is 5.83. The Morgan fingerprint density at radius 1 is 1.21 bits per heavy atom. The van der Waals surface area contributed by atoms with Crippen LogP contribution >= 0.6 is 11.6 Å². The molecule has 98 valence electrons. The summed E-state index contributed by atoms with van der Waals surface area (Å²) in [5.74, 6) is -0.308. The molecular weight excluding hydrogens is 264 g/mol. The monoisotopic (exact) mass is 276 g/mol. The summed E-state index contributed by atoms with van der Waals surface area (Å²) in [7, 11) is 0. The van der Waals surface area contributed by atoms with E-state index >= 15 is 0 Å². The summed E-state index contributed by atoms with van der Waals surface area (Å²) >= 11 is 5.73. The number of anilines is 1. The van der Waals surface area contributed by atoms with Gasteiger partial charge in [0.15, 0.2) is 0 Å². The molecule has 0 unspecified atom stereocenters. The van der Waals surface area contributed by atoms with E-state index in [0.29, 0.717) is 12.1 Å². The van der Waals surface area contributed by atoms with Gasteiger partial charge in [0.1, 0.15) is 10.8 Å². The number of rotatable bonds is 4. The molecule has 0 saturated carbocycles. The molecule has 0 aliphatic heterocycles. The van der Waals surface area contributed by atoms with Crippen molar-refractivity contribution in [1.29, 1.82) is 0 Å². The summed E-state index contributed by atoms with van der Waals surface area (Å²) in [5, 5.41) is 11.8. The van der Waals surface area contributed by atoms with Crippen molar-refractivity contribution in [2.75, 3.05) is 11.9 Å². The predicted molar refractivity (Wildman–Crippen MR) is 74.4 cm³/mol. The van der Waals surface area contributed by atoms with E-state index in [1.165, 1.54) is 0 Å². The fourth-order valence-electron chi connectivity index (χ4n) is 1.61. The Balaban J connectivity index is 2.06. The van der Waals surface area contributed by atoms with Crippen molar-refractivity contribution in [3.8, 4) is 0 Å². The Morgan fingerprint density at radius 2 is 1.95 bits per heavy atom. The molecule has 2 rings (SSSR count). The fraction of sp³-hybridized carbons (Fsp3) is 0.143. The van der Waals surface area contributed by atoms with E-state index in [0.717, 1.165) is 5.56 Å². The number of halogens is 1. The lowest BCUT2D eigenvalue weighted by atomic mass is 10.1. The molecule has 2 N–H and O–H groups in total. The van der Waals surface area contributed by atoms with E-state index in [2.05, 4.69) is 10.3 Å². The second-order valence-electron chi connectivity index (χ2n) is 3.97. The standard InChI is InChI=1S/C14H13ClN2O2/c15-13-3-1-2-12(17-13)14(19)16-11-6-4-10(5-7-11)8-9-18/h1-7,18H,8-9H2,(H,16,19). The van der Waals surface area contributed by atoms with Crippen molar-refractivity contribution in [3.63, 3.8) is 0 Å². The summed E-state index contributed by atoms with van der Waals surface area (Å²) in [6, 6.07) is 12.2. The highest BCUT2D eigenvalue weighted by Gasteiger charge is 2.07. The van der Waals surface area contributed by atoms with Gasteiger partial charge in [-0.1, -0.05) is 29.8 Å². The quantitative estimate of drug-likeness (QED) is 0.844. The van der Waals surface area contributed by atoms with Gasteiger partial charge in [-0.3, -0.25) is 4.79 Å². The van der Waals surface area contributed by atoms with Crippen LogP contribution in [-0.2, 0) is 6.42 Å². The minimum Gasteiger partial charge on any atom is -0.396 e. The molecular formula is C14H13ClN2O2. The Labute approximate surface area is 116 Å². The van der Waals surface area contributed by atoms with Crippen molar-refractivity contribution in [1.82, 2.24) is 4.98 Å². The molecule has 1 amide bonds. The molecule has 0 atom stereocenters. The van der Waals surface area contributed by atoms with Crippen molar-refractivity contribution >= 4 is 23.2 Å². The van der Waals surface area contributed by atoms with Crippen LogP contribution in [0, 0.1) is 0 Å². The predicted octanol–water partition coefficient (Wildman–Crippen LogP) is 2.52. The average Bonchev–Trinajstić information content (AvgIpc) is 2.41. The number of nitrogens with one attached hydrogen (secondary N) is 1. The average molecular weight is 277 g/mol. The van der Waals surface area contributed by atoms with Crippen molar-refractivity contribution in [2.45, 2.75) is 6.42 Å². The topological polar surface area (TPSA) is 62.2 Å². The van der Waals surface area contributed by atoms with Crippen LogP contribution in [0.4, 0.5) is 5.69 Å². The van der Waals surface area contributed by atoms with E-state index in [-0.39, 0.29) is 23.4 Å². The van der Waals surface area contributed by atoms with Gasteiger partial charge in [0.05, 0.1) is 0 Å². The number of carbonyl (C=O) groups is 1. The number of aliphatic hydroxyl groups excluding tert-OH is 1.